The Labute approximate surface area is 133 Å². The van der Waals surface area contributed by atoms with E-state index >= 15 is 0 Å². The van der Waals surface area contributed by atoms with Crippen LogP contribution in [-0.2, 0) is 13.0 Å². The van der Waals surface area contributed by atoms with Gasteiger partial charge in [0.1, 0.15) is 17.3 Å². The molecule has 0 aromatic carbocycles. The zero-order chi connectivity index (χ0) is 15.8. The van der Waals surface area contributed by atoms with Gasteiger partial charge in [0, 0.05) is 25.2 Å². The highest BCUT2D eigenvalue weighted by Crippen LogP contribution is 2.21. The molecule has 3 aromatic rings. The molecule has 3 aromatic heterocycles. The molecule has 118 valence electrons. The fourth-order valence-corrected chi connectivity index (χ4v) is 3.07. The van der Waals surface area contributed by atoms with Crippen molar-refractivity contribution >= 4 is 11.5 Å². The van der Waals surface area contributed by atoms with E-state index in [2.05, 4.69) is 25.1 Å². The molecule has 1 aliphatic rings. The Bertz CT molecular complexity index is 912. The van der Waals surface area contributed by atoms with Crippen molar-refractivity contribution in [3.05, 3.63) is 52.5 Å². The molecule has 7 nitrogen and oxygen atoms in total. The van der Waals surface area contributed by atoms with Crippen molar-refractivity contribution in [1.82, 2.24) is 24.1 Å². The Morgan fingerprint density at radius 3 is 3.09 bits per heavy atom. The molecular weight excluding hydrogens is 292 g/mol. The minimum Gasteiger partial charge on any atom is -0.360 e. The zero-order valence-electron chi connectivity index (χ0n) is 12.9. The first-order chi connectivity index (χ1) is 11.2. The minimum atomic E-state index is -0.103. The number of anilines is 1. The third kappa shape index (κ3) is 2.48. The van der Waals surface area contributed by atoms with Crippen molar-refractivity contribution in [3.63, 3.8) is 0 Å². The lowest BCUT2D eigenvalue weighted by molar-refractivity contribution is 0.500. The number of rotatable bonds is 3. The van der Waals surface area contributed by atoms with Gasteiger partial charge in [-0.3, -0.25) is 9.20 Å². The number of hydrogen-bond donors (Lipinski definition) is 1. The van der Waals surface area contributed by atoms with Crippen molar-refractivity contribution < 1.29 is 0 Å². The fourth-order valence-electron chi connectivity index (χ4n) is 3.07. The molecule has 0 aliphatic carbocycles. The van der Waals surface area contributed by atoms with Crippen LogP contribution in [0.4, 0.5) is 5.82 Å². The Hall–Kier alpha value is -2.70. The first-order valence-electron chi connectivity index (χ1n) is 7.89. The molecule has 23 heavy (non-hydrogen) atoms. The number of hydrogen-bond acceptors (Lipinski definition) is 5. The Morgan fingerprint density at radius 1 is 1.26 bits per heavy atom. The van der Waals surface area contributed by atoms with Crippen molar-refractivity contribution in [2.45, 2.75) is 38.8 Å². The van der Waals surface area contributed by atoms with Crippen molar-refractivity contribution in [3.8, 4) is 0 Å². The van der Waals surface area contributed by atoms with Gasteiger partial charge in [0.05, 0.1) is 6.04 Å². The van der Waals surface area contributed by atoms with Crippen molar-refractivity contribution in [2.24, 2.45) is 0 Å². The highest BCUT2D eigenvalue weighted by atomic mass is 16.1. The van der Waals surface area contributed by atoms with E-state index in [-0.39, 0.29) is 11.6 Å². The predicted molar refractivity (Wildman–Crippen MR) is 86.5 cm³/mol. The summed E-state index contributed by atoms with van der Waals surface area (Å²) in [5.41, 5.74) is 0.520. The van der Waals surface area contributed by atoms with E-state index in [1.54, 1.807) is 6.20 Å². The van der Waals surface area contributed by atoms with Crippen LogP contribution in [0, 0.1) is 0 Å². The van der Waals surface area contributed by atoms with E-state index in [0.717, 1.165) is 31.0 Å². The second kappa shape index (κ2) is 5.49. The van der Waals surface area contributed by atoms with Crippen LogP contribution in [0.15, 0.2) is 35.3 Å². The zero-order valence-corrected chi connectivity index (χ0v) is 12.9. The smallest absolute Gasteiger partial charge is 0.259 e. The molecule has 0 bridgehead atoms. The Balaban J connectivity index is 1.65. The van der Waals surface area contributed by atoms with Crippen LogP contribution in [0.3, 0.4) is 0 Å². The molecule has 1 N–H and O–H groups in total. The van der Waals surface area contributed by atoms with Crippen LogP contribution in [-0.4, -0.2) is 24.1 Å². The quantitative estimate of drug-likeness (QED) is 0.798. The molecule has 0 spiro atoms. The number of aromatic nitrogens is 5. The van der Waals surface area contributed by atoms with Crippen LogP contribution in [0.25, 0.3) is 5.65 Å². The SMILES string of the molecule is CC(Nc1cc(=O)n2ccccc2n1)c1nnc2n1CCCC2. The van der Waals surface area contributed by atoms with Crippen LogP contribution < -0.4 is 10.9 Å². The highest BCUT2D eigenvalue weighted by molar-refractivity contribution is 5.47. The number of nitrogens with zero attached hydrogens (tertiary/aromatic N) is 5. The number of pyridine rings is 1. The van der Waals surface area contributed by atoms with Crippen LogP contribution in [0.5, 0.6) is 0 Å². The van der Waals surface area contributed by atoms with Gasteiger partial charge in [-0.1, -0.05) is 6.07 Å². The van der Waals surface area contributed by atoms with Gasteiger partial charge in [0.25, 0.3) is 5.56 Å². The van der Waals surface area contributed by atoms with Gasteiger partial charge >= 0.3 is 0 Å². The lowest BCUT2D eigenvalue weighted by Crippen LogP contribution is -2.20. The average molecular weight is 310 g/mol. The van der Waals surface area contributed by atoms with Crippen molar-refractivity contribution in [1.29, 1.82) is 0 Å². The number of aryl methyl sites for hydroxylation is 1. The molecule has 0 radical (unpaired) electrons. The third-order valence-electron chi connectivity index (χ3n) is 4.21. The number of nitrogens with one attached hydrogen (secondary N) is 1. The maximum atomic E-state index is 12.1. The summed E-state index contributed by atoms with van der Waals surface area (Å²) < 4.78 is 3.70. The summed E-state index contributed by atoms with van der Waals surface area (Å²) in [6, 6.07) is 6.94. The van der Waals surface area contributed by atoms with E-state index < -0.39 is 0 Å². The molecule has 4 heterocycles. The van der Waals surface area contributed by atoms with Gasteiger partial charge in [-0.05, 0) is 31.9 Å². The maximum absolute atomic E-state index is 12.1. The first-order valence-corrected chi connectivity index (χ1v) is 7.89. The molecular formula is C16H18N6O. The summed E-state index contributed by atoms with van der Waals surface area (Å²) in [5.74, 6) is 2.50. The predicted octanol–water partition coefficient (Wildman–Crippen LogP) is 1.80. The summed E-state index contributed by atoms with van der Waals surface area (Å²) in [7, 11) is 0. The first kappa shape index (κ1) is 13.9. The van der Waals surface area contributed by atoms with Crippen LogP contribution >= 0.6 is 0 Å². The second-order valence-electron chi connectivity index (χ2n) is 5.86. The molecule has 0 amide bonds. The second-order valence-corrected chi connectivity index (χ2v) is 5.86. The Morgan fingerprint density at radius 2 is 2.17 bits per heavy atom. The van der Waals surface area contributed by atoms with E-state index in [9.17, 15) is 4.79 Å². The van der Waals surface area contributed by atoms with E-state index in [0.29, 0.717) is 11.5 Å². The van der Waals surface area contributed by atoms with E-state index in [1.165, 1.54) is 16.9 Å². The summed E-state index contributed by atoms with van der Waals surface area (Å²) in [4.78, 5) is 16.6. The van der Waals surface area contributed by atoms with Crippen LogP contribution in [0.2, 0.25) is 0 Å². The van der Waals surface area contributed by atoms with Gasteiger partial charge in [-0.2, -0.15) is 0 Å². The maximum Gasteiger partial charge on any atom is 0.259 e. The molecule has 0 fully saturated rings. The molecule has 1 aliphatic heterocycles. The molecule has 1 unspecified atom stereocenters. The molecule has 1 atom stereocenters. The van der Waals surface area contributed by atoms with E-state index in [1.807, 2.05) is 25.1 Å². The molecule has 0 saturated heterocycles. The summed E-state index contributed by atoms with van der Waals surface area (Å²) in [5, 5.41) is 11.9. The summed E-state index contributed by atoms with van der Waals surface area (Å²) in [6.45, 7) is 2.97. The third-order valence-corrected chi connectivity index (χ3v) is 4.21. The topological polar surface area (TPSA) is 77.1 Å². The molecule has 7 heteroatoms. The van der Waals surface area contributed by atoms with Crippen LogP contribution in [0.1, 0.15) is 37.5 Å². The lowest BCUT2D eigenvalue weighted by atomic mass is 10.1. The van der Waals surface area contributed by atoms with Gasteiger partial charge in [0.15, 0.2) is 5.82 Å². The monoisotopic (exact) mass is 310 g/mol. The van der Waals surface area contributed by atoms with Gasteiger partial charge < -0.3 is 9.88 Å². The average Bonchev–Trinajstić information content (AvgIpc) is 2.99. The van der Waals surface area contributed by atoms with Gasteiger partial charge in [-0.25, -0.2) is 4.98 Å². The fraction of sp³-hybridized carbons (Fsp3) is 0.375. The minimum absolute atomic E-state index is 0.0626. The lowest BCUT2D eigenvalue weighted by Gasteiger charge is -2.19. The standard InChI is InChI=1S/C16H18N6O/c1-11(16-20-19-14-7-3-5-9-22(14)16)17-12-10-15(23)21-8-4-2-6-13(21)18-12/h2,4,6,8,10-11,17H,3,5,7,9H2,1H3. The normalized spacial score (nSPS) is 15.3. The highest BCUT2D eigenvalue weighted by Gasteiger charge is 2.20. The number of fused-ring (bicyclic) bond motifs is 2. The largest absolute Gasteiger partial charge is 0.360 e. The summed E-state index contributed by atoms with van der Waals surface area (Å²) >= 11 is 0. The van der Waals surface area contributed by atoms with E-state index in [4.69, 9.17) is 0 Å². The molecule has 4 rings (SSSR count). The molecule has 0 saturated carbocycles. The summed E-state index contributed by atoms with van der Waals surface area (Å²) in [6.07, 6.45) is 5.02. The Kier molecular flexibility index (Phi) is 3.33. The van der Waals surface area contributed by atoms with Gasteiger partial charge in [0.2, 0.25) is 0 Å². The van der Waals surface area contributed by atoms with Crippen molar-refractivity contribution in [2.75, 3.05) is 5.32 Å². The van der Waals surface area contributed by atoms with Gasteiger partial charge in [-0.15, -0.1) is 10.2 Å².